The smallest absolute Gasteiger partial charge is 0.270 e. The molecule has 1 aliphatic heterocycles. The Morgan fingerprint density at radius 2 is 1.77 bits per heavy atom. The Labute approximate surface area is 180 Å². The summed E-state index contributed by atoms with van der Waals surface area (Å²) in [7, 11) is 0. The second-order valence-corrected chi connectivity index (χ2v) is 7.51. The van der Waals surface area contributed by atoms with Crippen molar-refractivity contribution in [2.45, 2.75) is 20.3 Å². The Kier molecular flexibility index (Phi) is 5.33. The number of rotatable bonds is 4. The quantitative estimate of drug-likeness (QED) is 0.395. The van der Waals surface area contributed by atoms with E-state index in [4.69, 9.17) is 12.2 Å². The first-order chi connectivity index (χ1) is 14.5. The van der Waals surface area contributed by atoms with Crippen molar-refractivity contribution >= 4 is 40.9 Å². The number of anilines is 1. The fourth-order valence-electron chi connectivity index (χ4n) is 3.45. The number of aromatic nitrogens is 1. The molecule has 5 nitrogen and oxygen atoms in total. The van der Waals surface area contributed by atoms with E-state index in [0.29, 0.717) is 5.69 Å². The lowest BCUT2D eigenvalue weighted by Gasteiger charge is -2.29. The summed E-state index contributed by atoms with van der Waals surface area (Å²) in [5, 5.41) is 2.72. The van der Waals surface area contributed by atoms with Gasteiger partial charge in [0.05, 0.1) is 5.69 Å². The molecule has 6 heteroatoms. The molecule has 1 saturated heterocycles. The zero-order valence-corrected chi connectivity index (χ0v) is 17.6. The Balaban J connectivity index is 1.73. The molecule has 4 rings (SSSR count). The highest BCUT2D eigenvalue weighted by Crippen LogP contribution is 2.24. The molecule has 0 spiro atoms. The van der Waals surface area contributed by atoms with Crippen LogP contribution in [0.4, 0.5) is 5.69 Å². The van der Waals surface area contributed by atoms with E-state index in [2.05, 4.69) is 12.2 Å². The van der Waals surface area contributed by atoms with Crippen molar-refractivity contribution in [3.63, 3.8) is 0 Å². The number of amides is 2. The Morgan fingerprint density at radius 1 is 1.00 bits per heavy atom. The molecule has 0 atom stereocenters. The summed E-state index contributed by atoms with van der Waals surface area (Å²) in [5.41, 5.74) is 4.63. The van der Waals surface area contributed by atoms with Gasteiger partial charge in [-0.15, -0.1) is 0 Å². The van der Waals surface area contributed by atoms with E-state index in [1.165, 1.54) is 4.90 Å². The molecule has 1 aliphatic rings. The SMILES string of the molecule is CCc1ccc(N2C(=O)/C(=C/c3cccn3-c3cccc(C)c3)C(=O)NC2=S)cc1. The maximum atomic E-state index is 13.2. The van der Waals surface area contributed by atoms with Gasteiger partial charge in [0.2, 0.25) is 0 Å². The Hall–Kier alpha value is -3.51. The van der Waals surface area contributed by atoms with Crippen LogP contribution in [0.3, 0.4) is 0 Å². The van der Waals surface area contributed by atoms with Crippen molar-refractivity contribution < 1.29 is 9.59 Å². The zero-order chi connectivity index (χ0) is 21.3. The van der Waals surface area contributed by atoms with Crippen LogP contribution in [-0.2, 0) is 16.0 Å². The average molecular weight is 416 g/mol. The van der Waals surface area contributed by atoms with Crippen molar-refractivity contribution in [1.82, 2.24) is 9.88 Å². The van der Waals surface area contributed by atoms with Gasteiger partial charge < -0.3 is 4.57 Å². The third-order valence-corrected chi connectivity index (χ3v) is 5.34. The van der Waals surface area contributed by atoms with E-state index in [1.807, 2.05) is 78.4 Å². The van der Waals surface area contributed by atoms with Crippen LogP contribution in [0.5, 0.6) is 0 Å². The predicted molar refractivity (Wildman–Crippen MR) is 123 cm³/mol. The van der Waals surface area contributed by atoms with E-state index >= 15 is 0 Å². The standard InChI is InChI=1S/C24H21N3O2S/c1-3-17-9-11-18(12-10-17)27-23(29)21(22(28)25-24(27)30)15-20-8-5-13-26(20)19-7-4-6-16(2)14-19/h4-15H,3H2,1-2H3,(H,25,28,30)/b21-15+. The van der Waals surface area contributed by atoms with Gasteiger partial charge in [-0.2, -0.15) is 0 Å². The first-order valence-corrected chi connectivity index (χ1v) is 10.1. The largest absolute Gasteiger partial charge is 0.317 e. The van der Waals surface area contributed by atoms with Crippen molar-refractivity contribution in [1.29, 1.82) is 0 Å². The topological polar surface area (TPSA) is 54.3 Å². The summed E-state index contributed by atoms with van der Waals surface area (Å²) >= 11 is 5.28. The van der Waals surface area contributed by atoms with Gasteiger partial charge in [0.15, 0.2) is 5.11 Å². The van der Waals surface area contributed by atoms with Crippen LogP contribution < -0.4 is 10.2 Å². The highest BCUT2D eigenvalue weighted by molar-refractivity contribution is 7.80. The van der Waals surface area contributed by atoms with Crippen molar-refractivity contribution in [2.75, 3.05) is 4.90 Å². The third kappa shape index (κ3) is 3.69. The highest BCUT2D eigenvalue weighted by atomic mass is 32.1. The number of carbonyl (C=O) groups is 2. The van der Waals surface area contributed by atoms with Crippen LogP contribution in [0.2, 0.25) is 0 Å². The molecular weight excluding hydrogens is 394 g/mol. The molecule has 2 amide bonds. The minimum absolute atomic E-state index is 0.0378. The first kappa shape index (κ1) is 19.8. The number of aryl methyl sites for hydroxylation is 2. The number of hydrogen-bond acceptors (Lipinski definition) is 3. The molecule has 0 unspecified atom stereocenters. The number of hydrogen-bond donors (Lipinski definition) is 1. The molecule has 0 radical (unpaired) electrons. The van der Waals surface area contributed by atoms with Gasteiger partial charge in [0.25, 0.3) is 11.8 Å². The van der Waals surface area contributed by atoms with Crippen LogP contribution in [0, 0.1) is 6.92 Å². The van der Waals surface area contributed by atoms with Crippen LogP contribution in [0.15, 0.2) is 72.4 Å². The van der Waals surface area contributed by atoms with Crippen LogP contribution >= 0.6 is 12.2 Å². The van der Waals surface area contributed by atoms with Gasteiger partial charge in [-0.1, -0.05) is 31.2 Å². The monoisotopic (exact) mass is 415 g/mol. The summed E-state index contributed by atoms with van der Waals surface area (Å²) in [6, 6.07) is 19.3. The van der Waals surface area contributed by atoms with E-state index in [1.54, 1.807) is 6.08 Å². The lowest BCUT2D eigenvalue weighted by molar-refractivity contribution is -0.122. The molecule has 2 heterocycles. The molecule has 1 N–H and O–H groups in total. The fourth-order valence-corrected chi connectivity index (χ4v) is 3.73. The number of nitrogens with zero attached hydrogens (tertiary/aromatic N) is 2. The summed E-state index contributed by atoms with van der Waals surface area (Å²) < 4.78 is 1.94. The van der Waals surface area contributed by atoms with Crippen LogP contribution in [0.25, 0.3) is 11.8 Å². The summed E-state index contributed by atoms with van der Waals surface area (Å²) in [5.74, 6) is -0.937. The van der Waals surface area contributed by atoms with Gasteiger partial charge in [0, 0.05) is 17.6 Å². The van der Waals surface area contributed by atoms with E-state index < -0.39 is 11.8 Å². The van der Waals surface area contributed by atoms with Crippen molar-refractivity contribution in [3.8, 4) is 5.69 Å². The molecule has 1 fully saturated rings. The molecule has 0 bridgehead atoms. The molecule has 150 valence electrons. The zero-order valence-electron chi connectivity index (χ0n) is 16.8. The Bertz CT molecular complexity index is 1180. The minimum Gasteiger partial charge on any atom is -0.317 e. The van der Waals surface area contributed by atoms with Crippen molar-refractivity contribution in [3.05, 3.63) is 89.3 Å². The summed E-state index contributed by atoms with van der Waals surface area (Å²) in [6.45, 7) is 4.09. The van der Waals surface area contributed by atoms with Gasteiger partial charge in [-0.25, -0.2) is 0 Å². The number of benzene rings is 2. The highest BCUT2D eigenvalue weighted by Gasteiger charge is 2.34. The molecule has 0 aliphatic carbocycles. The maximum absolute atomic E-state index is 13.2. The number of thiocarbonyl (C=S) groups is 1. The van der Waals surface area contributed by atoms with Crippen LogP contribution in [-0.4, -0.2) is 21.5 Å². The lowest BCUT2D eigenvalue weighted by atomic mass is 10.1. The van der Waals surface area contributed by atoms with Gasteiger partial charge >= 0.3 is 0 Å². The minimum atomic E-state index is -0.497. The second-order valence-electron chi connectivity index (χ2n) is 7.12. The molecule has 2 aromatic carbocycles. The normalized spacial score (nSPS) is 15.6. The predicted octanol–water partition coefficient (Wildman–Crippen LogP) is 4.18. The molecule has 30 heavy (non-hydrogen) atoms. The van der Waals surface area contributed by atoms with E-state index in [-0.39, 0.29) is 10.7 Å². The first-order valence-electron chi connectivity index (χ1n) is 9.72. The molecule has 1 aromatic heterocycles. The lowest BCUT2D eigenvalue weighted by Crippen LogP contribution is -2.54. The van der Waals surface area contributed by atoms with Crippen molar-refractivity contribution in [2.24, 2.45) is 0 Å². The number of nitrogens with one attached hydrogen (secondary N) is 1. The maximum Gasteiger partial charge on any atom is 0.270 e. The van der Waals surface area contributed by atoms with Gasteiger partial charge in [-0.3, -0.25) is 19.8 Å². The summed E-state index contributed by atoms with van der Waals surface area (Å²) in [4.78, 5) is 27.2. The van der Waals surface area contributed by atoms with E-state index in [0.717, 1.165) is 28.9 Å². The average Bonchev–Trinajstić information content (AvgIpc) is 3.20. The van der Waals surface area contributed by atoms with Gasteiger partial charge in [-0.05, 0) is 79.2 Å². The molecule has 3 aromatic rings. The fraction of sp³-hybridized carbons (Fsp3) is 0.125. The molecule has 0 saturated carbocycles. The Morgan fingerprint density at radius 3 is 2.47 bits per heavy atom. The van der Waals surface area contributed by atoms with Gasteiger partial charge in [0.1, 0.15) is 5.57 Å². The summed E-state index contributed by atoms with van der Waals surface area (Å²) in [6.07, 6.45) is 4.41. The second kappa shape index (κ2) is 8.08. The molecular formula is C24H21N3O2S. The van der Waals surface area contributed by atoms with Crippen LogP contribution in [0.1, 0.15) is 23.7 Å². The number of carbonyl (C=O) groups excluding carboxylic acids is 2. The third-order valence-electron chi connectivity index (χ3n) is 5.06. The van der Waals surface area contributed by atoms with E-state index in [9.17, 15) is 9.59 Å².